The lowest BCUT2D eigenvalue weighted by Crippen LogP contribution is -2.25. The molecule has 0 spiro atoms. The Morgan fingerprint density at radius 1 is 0.667 bits per heavy atom. The summed E-state index contributed by atoms with van der Waals surface area (Å²) < 4.78 is 158. The Labute approximate surface area is 214 Å². The van der Waals surface area contributed by atoms with Crippen molar-refractivity contribution in [1.29, 1.82) is 0 Å². The SMILES string of the molecule is CCCCc1cc(F)c(C(F)(F)Oc2cc(F)c(C#Cc3cc(F)c(OC(F)(F)F)c(F)c3)c(F)c2)c(F)c1. The van der Waals surface area contributed by atoms with E-state index in [1.54, 1.807) is 0 Å². The number of aryl methyl sites for hydroxylation is 1. The molecule has 0 aliphatic heterocycles. The van der Waals surface area contributed by atoms with E-state index in [0.29, 0.717) is 37.1 Å². The zero-order valence-electron chi connectivity index (χ0n) is 19.6. The Morgan fingerprint density at radius 3 is 1.69 bits per heavy atom. The summed E-state index contributed by atoms with van der Waals surface area (Å²) >= 11 is 0. The third kappa shape index (κ3) is 7.34. The van der Waals surface area contributed by atoms with E-state index < -0.39 is 75.6 Å². The highest BCUT2D eigenvalue weighted by Crippen LogP contribution is 2.36. The lowest BCUT2D eigenvalue weighted by Gasteiger charge is -2.20. The average molecular weight is 568 g/mol. The third-order valence-electron chi connectivity index (χ3n) is 5.02. The van der Waals surface area contributed by atoms with Crippen molar-refractivity contribution >= 4 is 0 Å². The molecule has 0 saturated heterocycles. The molecule has 0 aliphatic carbocycles. The Hall–Kier alpha value is -3.95. The van der Waals surface area contributed by atoms with Gasteiger partial charge in [0.25, 0.3) is 0 Å². The molecule has 0 heterocycles. The lowest BCUT2D eigenvalue weighted by molar-refractivity contribution is -0.276. The van der Waals surface area contributed by atoms with Gasteiger partial charge in [-0.25, -0.2) is 26.3 Å². The molecule has 3 aromatic rings. The topological polar surface area (TPSA) is 18.5 Å². The maximum atomic E-state index is 14.6. The fourth-order valence-corrected chi connectivity index (χ4v) is 3.34. The van der Waals surface area contributed by atoms with Crippen LogP contribution in [-0.4, -0.2) is 6.36 Å². The first-order chi connectivity index (χ1) is 18.1. The van der Waals surface area contributed by atoms with Gasteiger partial charge in [0, 0.05) is 17.7 Å². The molecule has 0 aliphatic rings. The zero-order chi connectivity index (χ0) is 29.1. The van der Waals surface area contributed by atoms with E-state index in [1.807, 2.05) is 18.8 Å². The number of benzene rings is 3. The molecule has 0 N–H and O–H groups in total. The number of hydrogen-bond acceptors (Lipinski definition) is 2. The lowest BCUT2D eigenvalue weighted by atomic mass is 10.0. The van der Waals surface area contributed by atoms with Gasteiger partial charge in [-0.2, -0.15) is 8.78 Å². The molecule has 0 amide bonds. The van der Waals surface area contributed by atoms with Gasteiger partial charge in [0.1, 0.15) is 34.6 Å². The second kappa shape index (κ2) is 11.4. The summed E-state index contributed by atoms with van der Waals surface area (Å²) in [6, 6.07) is 2.41. The van der Waals surface area contributed by atoms with Crippen LogP contribution in [0.15, 0.2) is 36.4 Å². The van der Waals surface area contributed by atoms with E-state index in [0.717, 1.165) is 0 Å². The van der Waals surface area contributed by atoms with Crippen LogP contribution in [0.2, 0.25) is 0 Å². The van der Waals surface area contributed by atoms with Crippen LogP contribution in [0.25, 0.3) is 0 Å². The standard InChI is InChI=1S/C26H15F11O2/c1-2-3-4-13-7-19(29)23(20(30)8-13)25(33,34)38-15-11-17(27)16(18(28)12-15)6-5-14-9-21(31)24(22(32)10-14)39-26(35,36)37/h7-12H,2-4H2,1H3. The Balaban J connectivity index is 1.87. The molecular weight excluding hydrogens is 553 g/mol. The number of ether oxygens (including phenoxy) is 2. The monoisotopic (exact) mass is 568 g/mol. The van der Waals surface area contributed by atoms with Crippen molar-refractivity contribution in [2.24, 2.45) is 0 Å². The van der Waals surface area contributed by atoms with Crippen molar-refractivity contribution in [3.8, 4) is 23.3 Å². The van der Waals surface area contributed by atoms with Crippen molar-refractivity contribution in [1.82, 2.24) is 0 Å². The van der Waals surface area contributed by atoms with Crippen molar-refractivity contribution in [2.75, 3.05) is 0 Å². The van der Waals surface area contributed by atoms with Crippen LogP contribution in [0, 0.1) is 46.7 Å². The van der Waals surface area contributed by atoms with E-state index in [1.165, 1.54) is 0 Å². The first-order valence-electron chi connectivity index (χ1n) is 10.9. The molecule has 3 rings (SSSR count). The molecule has 0 fully saturated rings. The number of halogens is 11. The Morgan fingerprint density at radius 2 is 1.21 bits per heavy atom. The smallest absolute Gasteiger partial charge is 0.429 e. The number of alkyl halides is 5. The van der Waals surface area contributed by atoms with Crippen LogP contribution in [0.3, 0.4) is 0 Å². The summed E-state index contributed by atoms with van der Waals surface area (Å²) in [6.45, 7) is 1.81. The van der Waals surface area contributed by atoms with Gasteiger partial charge in [0.05, 0.1) is 5.56 Å². The number of rotatable bonds is 7. The molecule has 0 bridgehead atoms. The molecule has 0 radical (unpaired) electrons. The highest BCUT2D eigenvalue weighted by atomic mass is 19.4. The van der Waals surface area contributed by atoms with Crippen LogP contribution in [0.4, 0.5) is 48.3 Å². The number of unbranched alkanes of at least 4 members (excludes halogenated alkanes) is 1. The second-order valence-corrected chi connectivity index (χ2v) is 7.99. The van der Waals surface area contributed by atoms with E-state index >= 15 is 0 Å². The quantitative estimate of drug-likeness (QED) is 0.211. The molecule has 39 heavy (non-hydrogen) atoms. The summed E-state index contributed by atoms with van der Waals surface area (Å²) in [4.78, 5) is 0. The van der Waals surface area contributed by atoms with Crippen LogP contribution in [-0.2, 0) is 12.5 Å². The number of hydrogen-bond donors (Lipinski definition) is 0. The summed E-state index contributed by atoms with van der Waals surface area (Å²) in [5.74, 6) is -9.36. The molecule has 0 atom stereocenters. The summed E-state index contributed by atoms with van der Waals surface area (Å²) in [6.07, 6.45) is -8.66. The molecule has 3 aromatic carbocycles. The average Bonchev–Trinajstić information content (AvgIpc) is 2.78. The predicted octanol–water partition coefficient (Wildman–Crippen LogP) is 8.29. The Bertz CT molecular complexity index is 1370. The summed E-state index contributed by atoms with van der Waals surface area (Å²) in [7, 11) is 0. The van der Waals surface area contributed by atoms with Gasteiger partial charge >= 0.3 is 12.5 Å². The van der Waals surface area contributed by atoms with Gasteiger partial charge in [-0.3, -0.25) is 0 Å². The van der Waals surface area contributed by atoms with Crippen molar-refractivity contribution in [3.63, 3.8) is 0 Å². The van der Waals surface area contributed by atoms with Gasteiger partial charge in [0.15, 0.2) is 11.6 Å². The maximum Gasteiger partial charge on any atom is 0.573 e. The van der Waals surface area contributed by atoms with Crippen LogP contribution < -0.4 is 9.47 Å². The van der Waals surface area contributed by atoms with Gasteiger partial charge in [-0.15, -0.1) is 13.2 Å². The summed E-state index contributed by atoms with van der Waals surface area (Å²) in [5, 5.41) is 0. The van der Waals surface area contributed by atoms with E-state index in [9.17, 15) is 48.3 Å². The fourth-order valence-electron chi connectivity index (χ4n) is 3.34. The van der Waals surface area contributed by atoms with Gasteiger partial charge in [-0.1, -0.05) is 25.2 Å². The largest absolute Gasteiger partial charge is 0.573 e. The van der Waals surface area contributed by atoms with Crippen LogP contribution >= 0.6 is 0 Å². The summed E-state index contributed by atoms with van der Waals surface area (Å²) in [5.41, 5.74) is -3.42. The molecule has 208 valence electrons. The Kier molecular flexibility index (Phi) is 8.67. The van der Waals surface area contributed by atoms with E-state index in [4.69, 9.17) is 0 Å². The third-order valence-corrected chi connectivity index (χ3v) is 5.02. The molecule has 13 heteroatoms. The van der Waals surface area contributed by atoms with E-state index in [2.05, 4.69) is 9.47 Å². The second-order valence-electron chi connectivity index (χ2n) is 7.99. The molecule has 0 aromatic heterocycles. The van der Waals surface area contributed by atoms with Crippen LogP contribution in [0.5, 0.6) is 11.5 Å². The molecule has 0 unspecified atom stereocenters. The molecule has 2 nitrogen and oxygen atoms in total. The maximum absolute atomic E-state index is 14.6. The van der Waals surface area contributed by atoms with Crippen molar-refractivity contribution in [2.45, 2.75) is 38.7 Å². The normalized spacial score (nSPS) is 11.7. The predicted molar refractivity (Wildman–Crippen MR) is 115 cm³/mol. The minimum absolute atomic E-state index is 0.119. The van der Waals surface area contributed by atoms with Crippen molar-refractivity contribution < 1.29 is 57.8 Å². The van der Waals surface area contributed by atoms with E-state index in [-0.39, 0.29) is 24.1 Å². The highest BCUT2D eigenvalue weighted by molar-refractivity contribution is 5.48. The first kappa shape index (κ1) is 29.6. The highest BCUT2D eigenvalue weighted by Gasteiger charge is 2.41. The van der Waals surface area contributed by atoms with Crippen molar-refractivity contribution in [3.05, 3.63) is 93.6 Å². The minimum atomic E-state index is -5.41. The minimum Gasteiger partial charge on any atom is -0.429 e. The van der Waals surface area contributed by atoms with Gasteiger partial charge in [0.2, 0.25) is 5.75 Å². The molecule has 0 saturated carbocycles. The fraction of sp³-hybridized carbons (Fsp3) is 0.231. The van der Waals surface area contributed by atoms with Gasteiger partial charge < -0.3 is 9.47 Å². The first-order valence-corrected chi connectivity index (χ1v) is 10.9. The van der Waals surface area contributed by atoms with Gasteiger partial charge in [-0.05, 0) is 42.7 Å². The molecular formula is C26H15F11O2. The zero-order valence-corrected chi connectivity index (χ0v) is 19.6. The van der Waals surface area contributed by atoms with Crippen LogP contribution in [0.1, 0.15) is 42.0 Å².